The van der Waals surface area contributed by atoms with Gasteiger partial charge >= 0.3 is 0 Å². The molecule has 0 aliphatic carbocycles. The van der Waals surface area contributed by atoms with Gasteiger partial charge in [0.2, 0.25) is 0 Å². The minimum Gasteiger partial charge on any atom is -1.00 e. The number of rotatable bonds is 2. The van der Waals surface area contributed by atoms with Gasteiger partial charge in [0.05, 0.1) is 4.88 Å². The van der Waals surface area contributed by atoms with Crippen LogP contribution in [0.15, 0.2) is 41.8 Å². The fourth-order valence-corrected chi connectivity index (χ4v) is 1.71. The standard InChI is InChI=1S/C11H9NOS.Li/c13-11-6-2-1-5-10(11)12-8-9-4-3-7-14-9;/h1-8,13H;/q;-1. The predicted molar refractivity (Wildman–Crippen MR) is 61.7 cm³/mol. The molecule has 72 valence electrons. The van der Waals surface area contributed by atoms with Crippen molar-refractivity contribution in [3.05, 3.63) is 46.7 Å². The summed E-state index contributed by atoms with van der Waals surface area (Å²) in [4.78, 5) is 4.09. The molecule has 2 aromatic rings. The van der Waals surface area contributed by atoms with Crippen molar-refractivity contribution < 1.29 is 10.1 Å². The molecule has 0 fully saturated rings. The van der Waals surface area contributed by atoms with Gasteiger partial charge in [0, 0.05) is 6.07 Å². The van der Waals surface area contributed by atoms with Crippen LogP contribution in [0.2, 0.25) is 0 Å². The monoisotopic (exact) mass is 210 g/mol. The molecule has 15 heavy (non-hydrogen) atoms. The molecule has 0 saturated heterocycles. The van der Waals surface area contributed by atoms with E-state index in [0.29, 0.717) is 5.69 Å². The normalized spacial score (nSPS) is 10.1. The first-order chi connectivity index (χ1) is 6.86. The summed E-state index contributed by atoms with van der Waals surface area (Å²) in [6.07, 6.45) is 1.83. The Morgan fingerprint density at radius 3 is 2.60 bits per heavy atom. The van der Waals surface area contributed by atoms with Crippen LogP contribution in [0.4, 0.5) is 5.69 Å². The number of nitrogens with one attached hydrogen (secondary N) is 1. The van der Waals surface area contributed by atoms with E-state index in [-0.39, 0.29) is 24.6 Å². The van der Waals surface area contributed by atoms with Crippen molar-refractivity contribution in [1.29, 1.82) is 0 Å². The molecule has 2 nitrogen and oxygen atoms in total. The van der Waals surface area contributed by atoms with E-state index < -0.39 is 0 Å². The molecule has 4 heteroatoms. The molecule has 1 N–H and O–H groups in total. The summed E-state index contributed by atoms with van der Waals surface area (Å²) in [5, 5.41) is 13.3. The molecule has 0 aliphatic heterocycles. The molecule has 2 radical (unpaired) electrons. The summed E-state index contributed by atoms with van der Waals surface area (Å²) in [5.41, 5.74) is 0.612. The summed E-state index contributed by atoms with van der Waals surface area (Å²) in [6, 6.07) is 10.9. The zero-order valence-electron chi connectivity index (χ0n) is 8.44. The third kappa shape index (κ3) is 3.24. The molecular formula is C11H9LiNOS-. The van der Waals surface area contributed by atoms with Gasteiger partial charge in [-0.1, -0.05) is 24.3 Å². The fourth-order valence-electron chi connectivity index (χ4n) is 1.11. The maximum atomic E-state index is 11.3. The molecule has 1 aromatic heterocycles. The van der Waals surface area contributed by atoms with Gasteiger partial charge in [-0.25, -0.2) is 4.99 Å². The summed E-state index contributed by atoms with van der Waals surface area (Å²) in [7, 11) is 0. The molecular weight excluding hydrogens is 201 g/mol. The quantitative estimate of drug-likeness (QED) is 0.560. The summed E-state index contributed by atoms with van der Waals surface area (Å²) in [6.45, 7) is 0. The smallest absolute Gasteiger partial charge is 0.195 e. The Kier molecular flexibility index (Phi) is 4.64. The van der Waals surface area contributed by atoms with E-state index in [1.165, 1.54) is 0 Å². The van der Waals surface area contributed by atoms with E-state index in [9.17, 15) is 5.11 Å². The van der Waals surface area contributed by atoms with Gasteiger partial charge in [0.1, 0.15) is 0 Å². The van der Waals surface area contributed by atoms with Crippen LogP contribution in [0.5, 0.6) is 5.75 Å². The molecule has 1 heterocycles. The first-order valence-corrected chi connectivity index (χ1v) is 5.13. The minimum absolute atomic E-state index is 0. The number of para-hydroxylation sites is 2. The number of hydrogen-bond acceptors (Lipinski definition) is 2. The van der Waals surface area contributed by atoms with Crippen LogP contribution in [0, 0.1) is 0 Å². The molecule has 0 spiro atoms. The first kappa shape index (κ1) is 12.1. The summed E-state index contributed by atoms with van der Waals surface area (Å²) in [5.74, 6) is 0.0142. The van der Waals surface area contributed by atoms with Crippen molar-refractivity contribution in [3.63, 3.8) is 0 Å². The van der Waals surface area contributed by atoms with Crippen molar-refractivity contribution in [2.75, 3.05) is 0 Å². The Morgan fingerprint density at radius 1 is 1.13 bits per heavy atom. The van der Waals surface area contributed by atoms with Crippen molar-refractivity contribution >= 4 is 42.1 Å². The zero-order valence-corrected chi connectivity index (χ0v) is 9.25. The zero-order chi connectivity index (χ0) is 9.80. The van der Waals surface area contributed by atoms with Crippen LogP contribution in [0.3, 0.4) is 0 Å². The van der Waals surface area contributed by atoms with E-state index in [2.05, 4.69) is 4.99 Å². The van der Waals surface area contributed by atoms with Gasteiger partial charge in [-0.05, 0) is 17.2 Å². The van der Waals surface area contributed by atoms with Crippen molar-refractivity contribution in [1.82, 2.24) is 0 Å². The van der Waals surface area contributed by atoms with Crippen molar-refractivity contribution in [3.8, 4) is 5.75 Å². The average Bonchev–Trinajstić information content (AvgIpc) is 2.69. The van der Waals surface area contributed by atoms with Gasteiger partial charge in [-0.3, -0.25) is 0 Å². The van der Waals surface area contributed by atoms with E-state index in [1.54, 1.807) is 29.5 Å². The molecule has 1 aromatic carbocycles. The third-order valence-electron chi connectivity index (χ3n) is 1.80. The second kappa shape index (κ2) is 5.77. The van der Waals surface area contributed by atoms with Gasteiger partial charge < -0.3 is 24.0 Å². The van der Waals surface area contributed by atoms with Crippen LogP contribution in [-0.4, -0.2) is 25.1 Å². The Hall–Kier alpha value is -1.01. The van der Waals surface area contributed by atoms with E-state index >= 15 is 0 Å². The van der Waals surface area contributed by atoms with E-state index in [1.807, 2.05) is 29.8 Å². The van der Waals surface area contributed by atoms with Gasteiger partial charge in [0.25, 0.3) is 0 Å². The third-order valence-corrected chi connectivity index (χ3v) is 2.62. The molecule has 0 bridgehead atoms. The molecule has 0 unspecified atom stereocenters. The number of thiophene rings is 1. The molecule has 0 saturated carbocycles. The summed E-state index contributed by atoms with van der Waals surface area (Å²) < 4.78 is 0. The maximum Gasteiger partial charge on any atom is 0.195 e. The minimum atomic E-state index is 0. The fraction of sp³-hybridized carbons (Fsp3) is 0. The van der Waals surface area contributed by atoms with E-state index in [4.69, 9.17) is 0 Å². The topological polar surface area (TPSA) is 37.0 Å². The van der Waals surface area contributed by atoms with Crippen molar-refractivity contribution in [2.24, 2.45) is 0 Å². The van der Waals surface area contributed by atoms with Crippen LogP contribution < -0.4 is 10.1 Å². The summed E-state index contributed by atoms with van der Waals surface area (Å²) >= 11 is 1.63. The van der Waals surface area contributed by atoms with Gasteiger partial charge in [-0.2, -0.15) is 0 Å². The largest absolute Gasteiger partial charge is 1.00 e. The predicted octanol–water partition coefficient (Wildman–Crippen LogP) is 0.272. The van der Waals surface area contributed by atoms with Crippen LogP contribution in [0.1, 0.15) is 4.88 Å². The molecule has 0 aliphatic rings. The van der Waals surface area contributed by atoms with Crippen LogP contribution in [-0.2, 0) is 0 Å². The van der Waals surface area contributed by atoms with Gasteiger partial charge in [-0.15, -0.1) is 11.3 Å². The Labute approximate surface area is 104 Å². The molecule has 0 atom stereocenters. The molecule has 2 rings (SSSR count). The Morgan fingerprint density at radius 2 is 1.93 bits per heavy atom. The average molecular weight is 210 g/mol. The maximum absolute atomic E-state index is 11.3. The van der Waals surface area contributed by atoms with Crippen LogP contribution in [0.25, 0.3) is 0 Å². The first-order valence-electron chi connectivity index (χ1n) is 4.25. The van der Waals surface area contributed by atoms with Crippen LogP contribution >= 0.6 is 11.3 Å². The number of benzene rings is 1. The second-order valence-corrected chi connectivity index (χ2v) is 3.78. The van der Waals surface area contributed by atoms with Crippen molar-refractivity contribution in [2.45, 2.75) is 0 Å². The van der Waals surface area contributed by atoms with Gasteiger partial charge in [0.15, 0.2) is 11.9 Å². The SMILES string of the molecule is [Li-].[O-]c1ccccc1[NH+]=Cc1cccs1. The second-order valence-electron chi connectivity index (χ2n) is 2.80. The van der Waals surface area contributed by atoms with E-state index in [0.717, 1.165) is 4.88 Å². The Bertz CT molecular complexity index is 440. The Balaban J connectivity index is 0.00000112. The number of hydrogen-bond donors (Lipinski definition) is 1. The molecule has 0 amide bonds.